The molecule has 1 fully saturated rings. The number of nitrogens with one attached hydrogen (secondary N) is 2. The summed E-state index contributed by atoms with van der Waals surface area (Å²) < 4.78 is 4.98. The number of carbonyl (C=O) groups is 1. The molecule has 2 unspecified atom stereocenters. The highest BCUT2D eigenvalue weighted by atomic mass is 16.5. The van der Waals surface area contributed by atoms with Crippen molar-refractivity contribution >= 4 is 5.97 Å². The van der Waals surface area contributed by atoms with Gasteiger partial charge in [0.2, 0.25) is 0 Å². The number of rotatable bonds is 5. The second-order valence-corrected chi connectivity index (χ2v) is 5.05. The molecule has 0 aromatic carbocycles. The lowest BCUT2D eigenvalue weighted by molar-refractivity contribution is -0.152. The predicted molar refractivity (Wildman–Crippen MR) is 68.0 cm³/mol. The van der Waals surface area contributed by atoms with E-state index in [2.05, 4.69) is 22.5 Å². The van der Waals surface area contributed by atoms with Gasteiger partial charge in [-0.15, -0.1) is 0 Å². The minimum absolute atomic E-state index is 0.134. The van der Waals surface area contributed by atoms with E-state index >= 15 is 0 Å². The van der Waals surface area contributed by atoms with Crippen LogP contribution < -0.4 is 10.6 Å². The lowest BCUT2D eigenvalue weighted by Gasteiger charge is -2.41. The van der Waals surface area contributed by atoms with Gasteiger partial charge in [-0.05, 0) is 33.0 Å². The van der Waals surface area contributed by atoms with Crippen molar-refractivity contribution in [1.82, 2.24) is 15.5 Å². The maximum atomic E-state index is 12.0. The molecule has 1 rings (SSSR count). The van der Waals surface area contributed by atoms with Gasteiger partial charge in [0.05, 0.1) is 7.11 Å². The van der Waals surface area contributed by atoms with Gasteiger partial charge in [-0.3, -0.25) is 4.79 Å². The maximum Gasteiger partial charge on any atom is 0.326 e. The molecule has 5 heteroatoms. The predicted octanol–water partition coefficient (Wildman–Crippen LogP) is -0.321. The first-order valence-electron chi connectivity index (χ1n) is 6.22. The monoisotopic (exact) mass is 243 g/mol. The average Bonchev–Trinajstić information content (AvgIpc) is 2.30. The number of carbonyl (C=O) groups excluding carboxylic acids is 1. The third-order valence-electron chi connectivity index (χ3n) is 3.54. The lowest BCUT2D eigenvalue weighted by Crippen LogP contribution is -2.64. The summed E-state index contributed by atoms with van der Waals surface area (Å²) in [6.07, 6.45) is 0.786. The SMILES string of the molecule is COC(=O)C1(NCCN(C)C)CCNCC1C. The number of likely N-dealkylation sites (N-methyl/N-ethyl adjacent to an activating group) is 1. The van der Waals surface area contributed by atoms with Crippen LogP contribution in [0.2, 0.25) is 0 Å². The van der Waals surface area contributed by atoms with E-state index in [1.807, 2.05) is 14.1 Å². The molecule has 2 atom stereocenters. The largest absolute Gasteiger partial charge is 0.468 e. The first-order valence-corrected chi connectivity index (χ1v) is 6.22. The molecule has 2 N–H and O–H groups in total. The zero-order chi connectivity index (χ0) is 12.9. The average molecular weight is 243 g/mol. The summed E-state index contributed by atoms with van der Waals surface area (Å²) in [6.45, 7) is 5.51. The van der Waals surface area contributed by atoms with Crippen LogP contribution in [0.15, 0.2) is 0 Å². The molecule has 17 heavy (non-hydrogen) atoms. The Morgan fingerprint density at radius 1 is 1.59 bits per heavy atom. The quantitative estimate of drug-likeness (QED) is 0.648. The lowest BCUT2D eigenvalue weighted by atomic mass is 9.79. The number of nitrogens with zero attached hydrogens (tertiary/aromatic N) is 1. The van der Waals surface area contributed by atoms with Crippen LogP contribution >= 0.6 is 0 Å². The van der Waals surface area contributed by atoms with Gasteiger partial charge in [0, 0.05) is 19.6 Å². The molecule has 0 spiro atoms. The Kier molecular flexibility index (Phi) is 5.36. The summed E-state index contributed by atoms with van der Waals surface area (Å²) in [5.74, 6) is 0.108. The van der Waals surface area contributed by atoms with Crippen molar-refractivity contribution in [3.63, 3.8) is 0 Å². The molecule has 1 aliphatic heterocycles. The smallest absolute Gasteiger partial charge is 0.326 e. The summed E-state index contributed by atoms with van der Waals surface area (Å²) in [4.78, 5) is 14.1. The van der Waals surface area contributed by atoms with Crippen molar-refractivity contribution < 1.29 is 9.53 Å². The number of methoxy groups -OCH3 is 1. The van der Waals surface area contributed by atoms with E-state index in [9.17, 15) is 4.79 Å². The molecule has 0 bridgehead atoms. The van der Waals surface area contributed by atoms with Crippen molar-refractivity contribution in [1.29, 1.82) is 0 Å². The van der Waals surface area contributed by atoms with Gasteiger partial charge in [-0.25, -0.2) is 0 Å². The minimum atomic E-state index is -0.518. The zero-order valence-corrected chi connectivity index (χ0v) is 11.4. The fraction of sp³-hybridized carbons (Fsp3) is 0.917. The number of ether oxygens (including phenoxy) is 1. The third-order valence-corrected chi connectivity index (χ3v) is 3.54. The fourth-order valence-electron chi connectivity index (χ4n) is 2.35. The standard InChI is InChI=1S/C12H25N3O2/c1-10-9-13-6-5-12(10,11(16)17-4)14-7-8-15(2)3/h10,13-14H,5-9H2,1-4H3. The highest BCUT2D eigenvalue weighted by Crippen LogP contribution is 2.25. The minimum Gasteiger partial charge on any atom is -0.468 e. The van der Waals surface area contributed by atoms with Crippen LogP contribution in [0.3, 0.4) is 0 Å². The van der Waals surface area contributed by atoms with Gasteiger partial charge in [-0.1, -0.05) is 6.92 Å². The van der Waals surface area contributed by atoms with Crippen molar-refractivity contribution in [3.05, 3.63) is 0 Å². The van der Waals surface area contributed by atoms with Gasteiger partial charge in [0.15, 0.2) is 0 Å². The molecule has 100 valence electrons. The van der Waals surface area contributed by atoms with Crippen LogP contribution in [0.25, 0.3) is 0 Å². The van der Waals surface area contributed by atoms with Crippen LogP contribution in [-0.4, -0.2) is 63.8 Å². The van der Waals surface area contributed by atoms with Crippen LogP contribution in [0.1, 0.15) is 13.3 Å². The maximum absolute atomic E-state index is 12.0. The van der Waals surface area contributed by atoms with Gasteiger partial charge < -0.3 is 20.3 Å². The molecule has 0 amide bonds. The third kappa shape index (κ3) is 3.40. The zero-order valence-electron chi connectivity index (χ0n) is 11.4. The Hall–Kier alpha value is -0.650. The van der Waals surface area contributed by atoms with E-state index in [1.165, 1.54) is 7.11 Å². The number of hydrogen-bond donors (Lipinski definition) is 2. The summed E-state index contributed by atoms with van der Waals surface area (Å²) in [5, 5.41) is 6.72. The van der Waals surface area contributed by atoms with Gasteiger partial charge in [0.1, 0.15) is 5.54 Å². The molecular weight excluding hydrogens is 218 g/mol. The summed E-state index contributed by atoms with van der Waals surface area (Å²) in [7, 11) is 5.52. The number of piperidine rings is 1. The highest BCUT2D eigenvalue weighted by Gasteiger charge is 2.45. The normalized spacial score (nSPS) is 29.4. The molecular formula is C12H25N3O2. The Labute approximate surface area is 104 Å². The second-order valence-electron chi connectivity index (χ2n) is 5.05. The van der Waals surface area contributed by atoms with Gasteiger partial charge in [0.25, 0.3) is 0 Å². The van der Waals surface area contributed by atoms with Crippen molar-refractivity contribution in [3.8, 4) is 0 Å². The van der Waals surface area contributed by atoms with Crippen molar-refractivity contribution in [2.75, 3.05) is 47.4 Å². The molecule has 5 nitrogen and oxygen atoms in total. The van der Waals surface area contributed by atoms with Gasteiger partial charge in [-0.2, -0.15) is 0 Å². The van der Waals surface area contributed by atoms with Crippen LogP contribution in [0, 0.1) is 5.92 Å². The van der Waals surface area contributed by atoms with Crippen molar-refractivity contribution in [2.45, 2.75) is 18.9 Å². The van der Waals surface area contributed by atoms with E-state index in [-0.39, 0.29) is 11.9 Å². The van der Waals surface area contributed by atoms with E-state index in [1.54, 1.807) is 0 Å². The van der Waals surface area contributed by atoms with Crippen LogP contribution in [-0.2, 0) is 9.53 Å². The molecule has 0 aromatic rings. The Balaban J connectivity index is 2.67. The second kappa shape index (κ2) is 6.33. The molecule has 0 aliphatic carbocycles. The fourth-order valence-corrected chi connectivity index (χ4v) is 2.35. The number of hydrogen-bond acceptors (Lipinski definition) is 5. The molecule has 0 saturated carbocycles. The summed E-state index contributed by atoms with van der Waals surface area (Å²) in [5.41, 5.74) is -0.518. The summed E-state index contributed by atoms with van der Waals surface area (Å²) >= 11 is 0. The van der Waals surface area contributed by atoms with Gasteiger partial charge >= 0.3 is 5.97 Å². The molecule has 1 aliphatic rings. The Bertz CT molecular complexity index is 258. The first-order chi connectivity index (χ1) is 8.03. The van der Waals surface area contributed by atoms with Crippen LogP contribution in [0.4, 0.5) is 0 Å². The Morgan fingerprint density at radius 2 is 2.29 bits per heavy atom. The Morgan fingerprint density at radius 3 is 2.82 bits per heavy atom. The van der Waals surface area contributed by atoms with E-state index < -0.39 is 5.54 Å². The first kappa shape index (κ1) is 14.4. The van der Waals surface area contributed by atoms with Crippen LogP contribution in [0.5, 0.6) is 0 Å². The molecule has 0 radical (unpaired) electrons. The van der Waals surface area contributed by atoms with Crippen molar-refractivity contribution in [2.24, 2.45) is 5.92 Å². The van der Waals surface area contributed by atoms with E-state index in [4.69, 9.17) is 4.74 Å². The highest BCUT2D eigenvalue weighted by molar-refractivity contribution is 5.81. The topological polar surface area (TPSA) is 53.6 Å². The number of esters is 1. The van der Waals surface area contributed by atoms with E-state index in [0.717, 1.165) is 32.6 Å². The molecule has 1 saturated heterocycles. The van der Waals surface area contributed by atoms with E-state index in [0.29, 0.717) is 0 Å². The summed E-state index contributed by atoms with van der Waals surface area (Å²) in [6, 6.07) is 0. The molecule has 1 heterocycles. The molecule has 0 aromatic heterocycles.